The molecule has 0 spiro atoms. The Morgan fingerprint density at radius 1 is 1.50 bits per heavy atom. The molecule has 0 saturated heterocycles. The molecule has 0 unspecified atom stereocenters. The molecule has 10 heteroatoms. The number of sulfonamides is 1. The van der Waals surface area contributed by atoms with Crippen LogP contribution in [0.5, 0.6) is 0 Å². The molecule has 2 aromatic rings. The lowest BCUT2D eigenvalue weighted by molar-refractivity contribution is -0.383. The summed E-state index contributed by atoms with van der Waals surface area (Å²) in [6.45, 7) is 1.71. The molecule has 0 saturated carbocycles. The van der Waals surface area contributed by atoms with E-state index in [0.29, 0.717) is 22.6 Å². The summed E-state index contributed by atoms with van der Waals surface area (Å²) in [4.78, 5) is 13.8. The molecule has 0 bridgehead atoms. The quantitative estimate of drug-likeness (QED) is 0.653. The molecule has 3 N–H and O–H groups in total. The van der Waals surface area contributed by atoms with Gasteiger partial charge in [0, 0.05) is 12.3 Å². The third kappa shape index (κ3) is 2.70. The lowest BCUT2D eigenvalue weighted by Gasteiger charge is -2.07. The molecule has 2 aromatic heterocycles. The number of aryl methyl sites for hydroxylation is 1. The normalized spacial score (nSPS) is 11.2. The Balaban J connectivity index is 2.39. The lowest BCUT2D eigenvalue weighted by atomic mass is 10.3. The number of hydrogen-bond acceptors (Lipinski definition) is 7. The van der Waals surface area contributed by atoms with Crippen molar-refractivity contribution in [1.29, 1.82) is 0 Å². The molecule has 0 aliphatic carbocycles. The highest BCUT2D eigenvalue weighted by molar-refractivity contribution is 7.94. The first-order valence-corrected chi connectivity index (χ1v) is 7.58. The second-order valence-electron chi connectivity index (χ2n) is 3.87. The van der Waals surface area contributed by atoms with E-state index in [0.717, 1.165) is 6.07 Å². The van der Waals surface area contributed by atoms with Gasteiger partial charge in [-0.1, -0.05) is 11.3 Å². The van der Waals surface area contributed by atoms with Crippen LogP contribution in [0.2, 0.25) is 0 Å². The van der Waals surface area contributed by atoms with Gasteiger partial charge in [0.15, 0.2) is 5.00 Å². The minimum atomic E-state index is -3.93. The molecule has 0 fully saturated rings. The van der Waals surface area contributed by atoms with E-state index in [9.17, 15) is 18.5 Å². The first kappa shape index (κ1) is 14.2. The van der Waals surface area contributed by atoms with Crippen molar-refractivity contribution in [3.05, 3.63) is 40.2 Å². The number of nitro groups is 1. The molecule has 0 amide bonds. The van der Waals surface area contributed by atoms with Gasteiger partial charge in [-0.3, -0.25) is 19.8 Å². The molecule has 2 heterocycles. The standard InChI is InChI=1S/C10H10N4O4S2/c1-6-2-3-12-5-7(6)13-20(17,18)9-4-8(14(15)16)10(11)19-9/h2-5,13H,11H2,1H3. The summed E-state index contributed by atoms with van der Waals surface area (Å²) in [6.07, 6.45) is 2.89. The third-order valence-electron chi connectivity index (χ3n) is 2.46. The summed E-state index contributed by atoms with van der Waals surface area (Å²) in [6, 6.07) is 2.58. The van der Waals surface area contributed by atoms with Gasteiger partial charge in [-0.05, 0) is 18.6 Å². The maximum Gasteiger partial charge on any atom is 0.304 e. The van der Waals surface area contributed by atoms with Crippen LogP contribution >= 0.6 is 11.3 Å². The monoisotopic (exact) mass is 314 g/mol. The number of aromatic nitrogens is 1. The average Bonchev–Trinajstić information content (AvgIpc) is 2.75. The van der Waals surface area contributed by atoms with Crippen molar-refractivity contribution in [3.63, 3.8) is 0 Å². The second-order valence-corrected chi connectivity index (χ2v) is 6.86. The van der Waals surface area contributed by atoms with E-state index in [1.54, 1.807) is 13.0 Å². The molecule has 0 radical (unpaired) electrons. The van der Waals surface area contributed by atoms with E-state index in [2.05, 4.69) is 9.71 Å². The Kier molecular flexibility index (Phi) is 3.59. The van der Waals surface area contributed by atoms with Crippen LogP contribution in [0.1, 0.15) is 5.56 Å². The van der Waals surface area contributed by atoms with Crippen LogP contribution in [-0.2, 0) is 10.0 Å². The highest BCUT2D eigenvalue weighted by atomic mass is 32.2. The number of nitrogens with two attached hydrogens (primary N) is 1. The maximum absolute atomic E-state index is 12.1. The maximum atomic E-state index is 12.1. The van der Waals surface area contributed by atoms with Crippen molar-refractivity contribution in [2.45, 2.75) is 11.1 Å². The van der Waals surface area contributed by atoms with Gasteiger partial charge in [-0.2, -0.15) is 0 Å². The van der Waals surface area contributed by atoms with Crippen LogP contribution < -0.4 is 10.5 Å². The molecule has 0 aromatic carbocycles. The van der Waals surface area contributed by atoms with Gasteiger partial charge >= 0.3 is 5.69 Å². The topological polar surface area (TPSA) is 128 Å². The molecule has 106 valence electrons. The Bertz CT molecular complexity index is 769. The number of nitrogens with zero attached hydrogens (tertiary/aromatic N) is 2. The summed E-state index contributed by atoms with van der Waals surface area (Å²) in [5.41, 5.74) is 6.01. The van der Waals surface area contributed by atoms with Crippen molar-refractivity contribution in [1.82, 2.24) is 4.98 Å². The molecule has 20 heavy (non-hydrogen) atoms. The van der Waals surface area contributed by atoms with E-state index < -0.39 is 20.6 Å². The number of thiophene rings is 1. The molecule has 0 aliphatic heterocycles. The first-order valence-electron chi connectivity index (χ1n) is 5.28. The Labute approximate surface area is 118 Å². The Morgan fingerprint density at radius 2 is 2.20 bits per heavy atom. The zero-order valence-electron chi connectivity index (χ0n) is 10.2. The van der Waals surface area contributed by atoms with Gasteiger partial charge in [0.25, 0.3) is 10.0 Å². The van der Waals surface area contributed by atoms with Crippen LogP contribution in [0, 0.1) is 17.0 Å². The fourth-order valence-corrected chi connectivity index (χ4v) is 3.74. The highest BCUT2D eigenvalue weighted by Crippen LogP contribution is 2.35. The number of nitrogen functional groups attached to an aromatic ring is 1. The van der Waals surface area contributed by atoms with Gasteiger partial charge in [-0.25, -0.2) is 8.42 Å². The zero-order valence-corrected chi connectivity index (χ0v) is 11.9. The molecule has 2 rings (SSSR count). The Morgan fingerprint density at radius 3 is 2.75 bits per heavy atom. The van der Waals surface area contributed by atoms with Crippen molar-refractivity contribution in [2.24, 2.45) is 0 Å². The fourth-order valence-electron chi connectivity index (χ4n) is 1.41. The minimum absolute atomic E-state index is 0.154. The van der Waals surface area contributed by atoms with E-state index in [1.165, 1.54) is 12.4 Å². The van der Waals surface area contributed by atoms with Crippen molar-refractivity contribution < 1.29 is 13.3 Å². The van der Waals surface area contributed by atoms with Gasteiger partial charge in [0.1, 0.15) is 4.21 Å². The molecular weight excluding hydrogens is 304 g/mol. The highest BCUT2D eigenvalue weighted by Gasteiger charge is 2.25. The number of hydrogen-bond donors (Lipinski definition) is 2. The van der Waals surface area contributed by atoms with Crippen molar-refractivity contribution in [2.75, 3.05) is 10.5 Å². The van der Waals surface area contributed by atoms with Crippen LogP contribution in [0.3, 0.4) is 0 Å². The van der Waals surface area contributed by atoms with Gasteiger partial charge in [0.05, 0.1) is 16.8 Å². The summed E-state index contributed by atoms with van der Waals surface area (Å²) < 4.78 is 26.4. The van der Waals surface area contributed by atoms with E-state index in [4.69, 9.17) is 5.73 Å². The van der Waals surface area contributed by atoms with Gasteiger partial charge in [0.2, 0.25) is 0 Å². The second kappa shape index (κ2) is 5.06. The molecule has 8 nitrogen and oxygen atoms in total. The summed E-state index contributed by atoms with van der Waals surface area (Å²) >= 11 is 0.640. The number of nitrogens with one attached hydrogen (secondary N) is 1. The Hall–Kier alpha value is -2.20. The largest absolute Gasteiger partial charge is 0.385 e. The van der Waals surface area contributed by atoms with Crippen LogP contribution in [-0.4, -0.2) is 18.3 Å². The summed E-state index contributed by atoms with van der Waals surface area (Å²) in [7, 11) is -3.93. The van der Waals surface area contributed by atoms with E-state index in [1.807, 2.05) is 0 Å². The predicted octanol–water partition coefficient (Wildman–Crippen LogP) is 1.74. The SMILES string of the molecule is Cc1ccncc1NS(=O)(=O)c1cc([N+](=O)[O-])c(N)s1. The van der Waals surface area contributed by atoms with Crippen molar-refractivity contribution in [3.8, 4) is 0 Å². The third-order valence-corrected chi connectivity index (χ3v) is 5.26. The summed E-state index contributed by atoms with van der Waals surface area (Å²) in [5, 5.41) is 10.5. The van der Waals surface area contributed by atoms with Gasteiger partial charge < -0.3 is 5.73 Å². The molecular formula is C10H10N4O4S2. The lowest BCUT2D eigenvalue weighted by Crippen LogP contribution is -2.12. The fraction of sp³-hybridized carbons (Fsp3) is 0.100. The molecule has 0 atom stereocenters. The van der Waals surface area contributed by atoms with E-state index >= 15 is 0 Å². The van der Waals surface area contributed by atoms with Crippen molar-refractivity contribution >= 4 is 37.7 Å². The molecule has 0 aliphatic rings. The average molecular weight is 314 g/mol. The number of rotatable bonds is 4. The number of anilines is 2. The number of pyridine rings is 1. The minimum Gasteiger partial charge on any atom is -0.385 e. The predicted molar refractivity (Wildman–Crippen MR) is 75.2 cm³/mol. The zero-order chi connectivity index (χ0) is 14.9. The first-order chi connectivity index (χ1) is 9.31. The summed E-state index contributed by atoms with van der Waals surface area (Å²) in [5.74, 6) is 0. The van der Waals surface area contributed by atoms with Gasteiger partial charge in [-0.15, -0.1) is 0 Å². The van der Waals surface area contributed by atoms with Crippen LogP contribution in [0.15, 0.2) is 28.7 Å². The van der Waals surface area contributed by atoms with E-state index in [-0.39, 0.29) is 9.21 Å². The smallest absolute Gasteiger partial charge is 0.304 e. The van der Waals surface area contributed by atoms with Crippen LogP contribution in [0.4, 0.5) is 16.4 Å². The van der Waals surface area contributed by atoms with Crippen LogP contribution in [0.25, 0.3) is 0 Å².